The fourth-order valence-electron chi connectivity index (χ4n) is 2.71. The zero-order valence-corrected chi connectivity index (χ0v) is 12.1. The summed E-state index contributed by atoms with van der Waals surface area (Å²) in [5.74, 6) is 0.975. The molecule has 0 amide bonds. The van der Waals surface area contributed by atoms with E-state index in [2.05, 4.69) is 32.9 Å². The topological polar surface area (TPSA) is 26.3 Å². The van der Waals surface area contributed by atoms with E-state index in [9.17, 15) is 4.79 Å². The van der Waals surface area contributed by atoms with Crippen molar-refractivity contribution in [2.45, 2.75) is 26.2 Å². The van der Waals surface area contributed by atoms with Crippen LogP contribution in [-0.4, -0.2) is 12.9 Å². The zero-order valence-electron chi connectivity index (χ0n) is 12.1. The second-order valence-corrected chi connectivity index (χ2v) is 6.08. The average Bonchev–Trinajstić information content (AvgIpc) is 2.75. The molecule has 3 rings (SSSR count). The summed E-state index contributed by atoms with van der Waals surface area (Å²) in [7, 11) is 0. The van der Waals surface area contributed by atoms with E-state index in [4.69, 9.17) is 4.74 Å². The smallest absolute Gasteiger partial charge is 0.150 e. The molecule has 102 valence electrons. The Kier molecular flexibility index (Phi) is 2.89. The third kappa shape index (κ3) is 2.01. The summed E-state index contributed by atoms with van der Waals surface area (Å²) in [6.07, 6.45) is 0.892. The van der Waals surface area contributed by atoms with Gasteiger partial charge in [0.15, 0.2) is 0 Å². The quantitative estimate of drug-likeness (QED) is 0.763. The van der Waals surface area contributed by atoms with Crippen molar-refractivity contribution in [3.05, 3.63) is 53.1 Å². The number of hydrogen-bond acceptors (Lipinski definition) is 2. The highest BCUT2D eigenvalue weighted by Gasteiger charge is 2.31. The Bertz CT molecular complexity index is 684. The van der Waals surface area contributed by atoms with Crippen molar-refractivity contribution < 1.29 is 9.53 Å². The highest BCUT2D eigenvalue weighted by molar-refractivity contribution is 5.80. The second-order valence-electron chi connectivity index (χ2n) is 6.08. The zero-order chi connectivity index (χ0) is 14.3. The summed E-state index contributed by atoms with van der Waals surface area (Å²) in [6, 6.07) is 12.1. The van der Waals surface area contributed by atoms with E-state index in [1.807, 2.05) is 24.3 Å². The van der Waals surface area contributed by atoms with Crippen LogP contribution in [0.15, 0.2) is 36.4 Å². The highest BCUT2D eigenvalue weighted by Crippen LogP contribution is 2.40. The van der Waals surface area contributed by atoms with Crippen LogP contribution in [-0.2, 0) is 5.41 Å². The van der Waals surface area contributed by atoms with Crippen LogP contribution in [0.1, 0.15) is 35.3 Å². The normalized spacial score (nSPS) is 15.6. The summed E-state index contributed by atoms with van der Waals surface area (Å²) in [5, 5.41) is 0. The number of carbonyl (C=O) groups excluding carboxylic acids is 1. The summed E-state index contributed by atoms with van der Waals surface area (Å²) < 4.78 is 5.72. The molecule has 0 spiro atoms. The molecular formula is C18H18O2. The van der Waals surface area contributed by atoms with Crippen molar-refractivity contribution in [3.8, 4) is 16.9 Å². The molecule has 0 saturated carbocycles. The first-order chi connectivity index (χ1) is 9.51. The first-order valence-electron chi connectivity index (χ1n) is 6.85. The Morgan fingerprint density at radius 2 is 1.95 bits per heavy atom. The van der Waals surface area contributed by atoms with E-state index in [1.54, 1.807) is 0 Å². The van der Waals surface area contributed by atoms with E-state index in [1.165, 1.54) is 11.1 Å². The van der Waals surface area contributed by atoms with Gasteiger partial charge in [-0.15, -0.1) is 0 Å². The minimum absolute atomic E-state index is 0.0432. The molecule has 1 aliphatic rings. The molecule has 2 aromatic carbocycles. The van der Waals surface area contributed by atoms with Crippen LogP contribution in [0.2, 0.25) is 0 Å². The first kappa shape index (κ1) is 12.9. The molecule has 2 nitrogen and oxygen atoms in total. The summed E-state index contributed by atoms with van der Waals surface area (Å²) in [4.78, 5) is 11.0. The van der Waals surface area contributed by atoms with Gasteiger partial charge in [0.05, 0.1) is 6.61 Å². The third-order valence-electron chi connectivity index (χ3n) is 4.01. The molecule has 0 fully saturated rings. The van der Waals surface area contributed by atoms with Crippen LogP contribution < -0.4 is 4.74 Å². The van der Waals surface area contributed by atoms with Crippen LogP contribution in [0.4, 0.5) is 0 Å². The van der Waals surface area contributed by atoms with E-state index in [0.717, 1.165) is 29.8 Å². The maximum absolute atomic E-state index is 11.0. The predicted octanol–water partition coefficient (Wildman–Crippen LogP) is 4.14. The molecule has 0 aromatic heterocycles. The van der Waals surface area contributed by atoms with Gasteiger partial charge in [-0.25, -0.2) is 0 Å². The molecule has 0 radical (unpaired) electrons. The third-order valence-corrected chi connectivity index (χ3v) is 4.01. The van der Waals surface area contributed by atoms with Gasteiger partial charge in [0, 0.05) is 16.5 Å². The van der Waals surface area contributed by atoms with Crippen LogP contribution in [0.25, 0.3) is 11.1 Å². The van der Waals surface area contributed by atoms with Gasteiger partial charge in [-0.2, -0.15) is 0 Å². The summed E-state index contributed by atoms with van der Waals surface area (Å²) in [6.45, 7) is 7.17. The fourth-order valence-corrected chi connectivity index (χ4v) is 2.71. The first-order valence-corrected chi connectivity index (χ1v) is 6.85. The summed E-state index contributed by atoms with van der Waals surface area (Å²) >= 11 is 0. The standard InChI is InChI=1S/C18H18O2/c1-12-4-5-13(10-19)8-15(12)14-6-7-17-16(9-14)18(2,3)11-20-17/h4-10H,11H2,1-3H3. The molecule has 2 heteroatoms. The molecule has 0 bridgehead atoms. The van der Waals surface area contributed by atoms with Gasteiger partial charge in [0.25, 0.3) is 0 Å². The minimum Gasteiger partial charge on any atom is -0.492 e. The van der Waals surface area contributed by atoms with Crippen LogP contribution in [0.3, 0.4) is 0 Å². The number of carbonyl (C=O) groups is 1. The van der Waals surface area contributed by atoms with Crippen molar-refractivity contribution in [1.82, 2.24) is 0 Å². The SMILES string of the molecule is Cc1ccc(C=O)cc1-c1ccc2c(c1)C(C)(C)CO2. The van der Waals surface area contributed by atoms with E-state index >= 15 is 0 Å². The molecule has 2 aromatic rings. The van der Waals surface area contributed by atoms with E-state index in [-0.39, 0.29) is 5.41 Å². The molecule has 0 atom stereocenters. The van der Waals surface area contributed by atoms with Gasteiger partial charge >= 0.3 is 0 Å². The number of aldehydes is 1. The molecule has 0 N–H and O–H groups in total. The van der Waals surface area contributed by atoms with Crippen molar-refractivity contribution in [1.29, 1.82) is 0 Å². The number of aryl methyl sites for hydroxylation is 1. The Labute approximate surface area is 119 Å². The lowest BCUT2D eigenvalue weighted by atomic mass is 9.85. The highest BCUT2D eigenvalue weighted by atomic mass is 16.5. The van der Waals surface area contributed by atoms with Gasteiger partial charge in [0.1, 0.15) is 12.0 Å². The molecule has 0 aliphatic carbocycles. The molecule has 20 heavy (non-hydrogen) atoms. The second kappa shape index (κ2) is 4.48. The Balaban J connectivity index is 2.15. The van der Waals surface area contributed by atoms with Gasteiger partial charge in [-0.05, 0) is 41.8 Å². The van der Waals surface area contributed by atoms with Crippen LogP contribution in [0.5, 0.6) is 5.75 Å². The predicted molar refractivity (Wildman–Crippen MR) is 80.5 cm³/mol. The molecule has 0 unspecified atom stereocenters. The van der Waals surface area contributed by atoms with E-state index < -0.39 is 0 Å². The largest absolute Gasteiger partial charge is 0.492 e. The van der Waals surface area contributed by atoms with E-state index in [0.29, 0.717) is 5.56 Å². The van der Waals surface area contributed by atoms with Gasteiger partial charge < -0.3 is 4.74 Å². The van der Waals surface area contributed by atoms with Gasteiger partial charge in [0.2, 0.25) is 0 Å². The Morgan fingerprint density at radius 3 is 2.70 bits per heavy atom. The lowest BCUT2D eigenvalue weighted by molar-refractivity contribution is 0.112. The number of fused-ring (bicyclic) bond motifs is 1. The van der Waals surface area contributed by atoms with Crippen molar-refractivity contribution in [2.75, 3.05) is 6.61 Å². The number of rotatable bonds is 2. The van der Waals surface area contributed by atoms with Crippen LogP contribution in [0, 0.1) is 6.92 Å². The number of hydrogen-bond donors (Lipinski definition) is 0. The monoisotopic (exact) mass is 266 g/mol. The maximum Gasteiger partial charge on any atom is 0.150 e. The lowest BCUT2D eigenvalue weighted by Gasteiger charge is -2.16. The number of ether oxygens (including phenoxy) is 1. The Morgan fingerprint density at radius 1 is 1.15 bits per heavy atom. The molecule has 1 aliphatic heterocycles. The lowest BCUT2D eigenvalue weighted by Crippen LogP contribution is -2.18. The molecule has 1 heterocycles. The molecule has 0 saturated heterocycles. The Hall–Kier alpha value is -2.09. The van der Waals surface area contributed by atoms with Crippen molar-refractivity contribution in [3.63, 3.8) is 0 Å². The average molecular weight is 266 g/mol. The van der Waals surface area contributed by atoms with Crippen molar-refractivity contribution in [2.24, 2.45) is 0 Å². The fraction of sp³-hybridized carbons (Fsp3) is 0.278. The maximum atomic E-state index is 11.0. The van der Waals surface area contributed by atoms with Gasteiger partial charge in [-0.1, -0.05) is 32.0 Å². The molecular weight excluding hydrogens is 248 g/mol. The van der Waals surface area contributed by atoms with Gasteiger partial charge in [-0.3, -0.25) is 4.79 Å². The number of benzene rings is 2. The van der Waals surface area contributed by atoms with Crippen LogP contribution >= 0.6 is 0 Å². The summed E-state index contributed by atoms with van der Waals surface area (Å²) in [5.41, 5.74) is 5.42. The minimum atomic E-state index is 0.0432. The van der Waals surface area contributed by atoms with Crippen molar-refractivity contribution >= 4 is 6.29 Å².